The van der Waals surface area contributed by atoms with Gasteiger partial charge in [-0.05, 0) is 22.6 Å². The summed E-state index contributed by atoms with van der Waals surface area (Å²) in [4.78, 5) is 24.7. The molecule has 0 amide bonds. The maximum atomic E-state index is 11.6. The van der Waals surface area contributed by atoms with Crippen molar-refractivity contribution in [3.05, 3.63) is 33.1 Å². The maximum absolute atomic E-state index is 11.6. The van der Waals surface area contributed by atoms with Gasteiger partial charge < -0.3 is 14.9 Å². The number of ether oxygens (including phenoxy) is 1. The minimum atomic E-state index is -1.30. The Balaban J connectivity index is 2.45. The molecule has 8 heteroatoms. The van der Waals surface area contributed by atoms with Crippen molar-refractivity contribution in [2.24, 2.45) is 0 Å². The standard InChI is InChI=1S/C9H11IN2O5/c10-9(6(14)3-5(4-13)17-9)12-2-1-7(15)11-8(12)16/h1-2,5-6,13-14H,3-4H2,(H,11,15,16)/t5-,6+,9-/m0/s1. The molecule has 3 atom stereocenters. The first-order valence-electron chi connectivity index (χ1n) is 4.95. The molecule has 0 aliphatic carbocycles. The lowest BCUT2D eigenvalue weighted by Gasteiger charge is -2.27. The second-order valence-electron chi connectivity index (χ2n) is 3.76. The molecule has 1 aliphatic rings. The zero-order valence-electron chi connectivity index (χ0n) is 8.67. The van der Waals surface area contributed by atoms with Crippen molar-refractivity contribution in [1.82, 2.24) is 9.55 Å². The number of aromatic amines is 1. The van der Waals surface area contributed by atoms with Gasteiger partial charge in [-0.15, -0.1) is 0 Å². The average molecular weight is 354 g/mol. The fourth-order valence-corrected chi connectivity index (χ4v) is 2.73. The maximum Gasteiger partial charge on any atom is 0.331 e. The predicted octanol–water partition coefficient (Wildman–Crippen LogP) is -1.28. The van der Waals surface area contributed by atoms with Gasteiger partial charge in [0, 0.05) is 18.7 Å². The van der Waals surface area contributed by atoms with Gasteiger partial charge in [0.1, 0.15) is 6.10 Å². The number of aliphatic hydroxyl groups excluding tert-OH is 2. The zero-order chi connectivity index (χ0) is 12.6. The first-order chi connectivity index (χ1) is 7.97. The van der Waals surface area contributed by atoms with Gasteiger partial charge in [-0.2, -0.15) is 0 Å². The number of aliphatic hydroxyl groups is 2. The molecule has 0 radical (unpaired) electrons. The number of rotatable bonds is 2. The Labute approximate surface area is 109 Å². The highest BCUT2D eigenvalue weighted by Crippen LogP contribution is 2.39. The van der Waals surface area contributed by atoms with Crippen molar-refractivity contribution in [2.45, 2.75) is 22.4 Å². The zero-order valence-corrected chi connectivity index (χ0v) is 10.8. The van der Waals surface area contributed by atoms with E-state index in [4.69, 9.17) is 9.84 Å². The third-order valence-electron chi connectivity index (χ3n) is 2.59. The molecule has 1 aliphatic heterocycles. The van der Waals surface area contributed by atoms with E-state index in [2.05, 4.69) is 4.98 Å². The number of halogens is 1. The summed E-state index contributed by atoms with van der Waals surface area (Å²) in [5.74, 6) is 0. The van der Waals surface area contributed by atoms with Crippen molar-refractivity contribution < 1.29 is 14.9 Å². The van der Waals surface area contributed by atoms with Gasteiger partial charge in [-0.25, -0.2) is 4.79 Å². The summed E-state index contributed by atoms with van der Waals surface area (Å²) in [6, 6.07) is 1.17. The van der Waals surface area contributed by atoms with Gasteiger partial charge in [-0.3, -0.25) is 14.3 Å². The molecule has 7 nitrogen and oxygen atoms in total. The summed E-state index contributed by atoms with van der Waals surface area (Å²) < 4.78 is 5.25. The summed E-state index contributed by atoms with van der Waals surface area (Å²) in [6.45, 7) is -0.236. The highest BCUT2D eigenvalue weighted by atomic mass is 127. The fourth-order valence-electron chi connectivity index (χ4n) is 1.74. The number of nitrogens with zero attached hydrogens (tertiary/aromatic N) is 1. The molecule has 3 N–H and O–H groups in total. The van der Waals surface area contributed by atoms with Crippen LogP contribution in [0.5, 0.6) is 0 Å². The molecular formula is C9H11IN2O5. The number of hydrogen-bond acceptors (Lipinski definition) is 5. The number of hydrogen-bond donors (Lipinski definition) is 3. The summed E-state index contributed by atoms with van der Waals surface area (Å²) in [7, 11) is 0. The Morgan fingerprint density at radius 1 is 1.65 bits per heavy atom. The first-order valence-corrected chi connectivity index (χ1v) is 6.03. The van der Waals surface area contributed by atoms with Gasteiger partial charge in [0.25, 0.3) is 5.56 Å². The van der Waals surface area contributed by atoms with Crippen LogP contribution in [0, 0.1) is 0 Å². The number of nitrogens with one attached hydrogen (secondary N) is 1. The van der Waals surface area contributed by atoms with E-state index < -0.39 is 27.2 Å². The highest BCUT2D eigenvalue weighted by Gasteiger charge is 2.48. The van der Waals surface area contributed by atoms with E-state index in [-0.39, 0.29) is 13.0 Å². The van der Waals surface area contributed by atoms with Gasteiger partial charge in [0.2, 0.25) is 3.73 Å². The molecule has 17 heavy (non-hydrogen) atoms. The van der Waals surface area contributed by atoms with Crippen molar-refractivity contribution in [3.8, 4) is 0 Å². The monoisotopic (exact) mass is 354 g/mol. The summed E-state index contributed by atoms with van der Waals surface area (Å²) in [5, 5.41) is 18.9. The van der Waals surface area contributed by atoms with Crippen LogP contribution < -0.4 is 11.2 Å². The predicted molar refractivity (Wildman–Crippen MR) is 65.9 cm³/mol. The molecule has 0 bridgehead atoms. The molecule has 0 unspecified atom stereocenters. The minimum Gasteiger partial charge on any atom is -0.394 e. The van der Waals surface area contributed by atoms with Gasteiger partial charge >= 0.3 is 5.69 Å². The summed E-state index contributed by atoms with van der Waals surface area (Å²) in [6.07, 6.45) is 0.0197. The van der Waals surface area contributed by atoms with Crippen LogP contribution in [-0.4, -0.2) is 38.6 Å². The van der Waals surface area contributed by atoms with Crippen LogP contribution in [0.4, 0.5) is 0 Å². The number of H-pyrrole nitrogens is 1. The molecule has 2 rings (SSSR count). The molecule has 1 aromatic heterocycles. The molecule has 1 fully saturated rings. The highest BCUT2D eigenvalue weighted by molar-refractivity contribution is 14.1. The lowest BCUT2D eigenvalue weighted by molar-refractivity contribution is -0.0679. The van der Waals surface area contributed by atoms with Gasteiger partial charge in [-0.1, -0.05) is 0 Å². The van der Waals surface area contributed by atoms with Crippen LogP contribution >= 0.6 is 22.6 Å². The molecule has 1 aromatic rings. The Hall–Kier alpha value is -0.710. The largest absolute Gasteiger partial charge is 0.394 e. The van der Waals surface area contributed by atoms with E-state index in [1.165, 1.54) is 12.3 Å². The summed E-state index contributed by atoms with van der Waals surface area (Å²) >= 11 is 1.79. The van der Waals surface area contributed by atoms with E-state index in [0.717, 1.165) is 4.57 Å². The molecule has 0 aromatic carbocycles. The average Bonchev–Trinajstić information content (AvgIpc) is 2.55. The third-order valence-corrected chi connectivity index (χ3v) is 4.08. The quantitative estimate of drug-likeness (QED) is 0.454. The molecule has 2 heterocycles. The van der Waals surface area contributed by atoms with Crippen molar-refractivity contribution in [1.29, 1.82) is 0 Å². The van der Waals surface area contributed by atoms with E-state index in [9.17, 15) is 14.7 Å². The number of aromatic nitrogens is 2. The third kappa shape index (κ3) is 2.17. The van der Waals surface area contributed by atoms with Crippen molar-refractivity contribution in [2.75, 3.05) is 6.61 Å². The van der Waals surface area contributed by atoms with Crippen molar-refractivity contribution in [3.63, 3.8) is 0 Å². The molecule has 0 spiro atoms. The van der Waals surface area contributed by atoms with E-state index in [0.29, 0.717) is 0 Å². The second-order valence-corrected chi connectivity index (χ2v) is 5.31. The molecular weight excluding hydrogens is 343 g/mol. The van der Waals surface area contributed by atoms with Crippen LogP contribution in [0.15, 0.2) is 21.9 Å². The van der Waals surface area contributed by atoms with Gasteiger partial charge in [0.05, 0.1) is 12.7 Å². The van der Waals surface area contributed by atoms with Gasteiger partial charge in [0.15, 0.2) is 0 Å². The summed E-state index contributed by atoms with van der Waals surface area (Å²) in [5.41, 5.74) is -1.18. The Kier molecular flexibility index (Phi) is 3.39. The molecule has 0 saturated carbocycles. The lowest BCUT2D eigenvalue weighted by Crippen LogP contribution is -2.45. The van der Waals surface area contributed by atoms with Crippen LogP contribution in [-0.2, 0) is 8.47 Å². The Morgan fingerprint density at radius 3 is 2.88 bits per heavy atom. The van der Waals surface area contributed by atoms with Crippen LogP contribution in [0.1, 0.15) is 6.42 Å². The fraction of sp³-hybridized carbons (Fsp3) is 0.556. The second kappa shape index (κ2) is 4.52. The van der Waals surface area contributed by atoms with Crippen LogP contribution in [0.25, 0.3) is 0 Å². The first kappa shape index (κ1) is 12.7. The molecule has 1 saturated heterocycles. The van der Waals surface area contributed by atoms with Crippen molar-refractivity contribution >= 4 is 22.6 Å². The van der Waals surface area contributed by atoms with E-state index in [1.807, 2.05) is 0 Å². The Bertz CT molecular complexity index is 527. The molecule has 94 valence electrons. The SMILES string of the molecule is O=c1ccn([C@]2(I)O[C@H](CO)C[C@H]2O)c(=O)[nH]1. The van der Waals surface area contributed by atoms with E-state index >= 15 is 0 Å². The minimum absolute atomic E-state index is 0.227. The lowest BCUT2D eigenvalue weighted by atomic mass is 10.2. The Morgan fingerprint density at radius 2 is 2.35 bits per heavy atom. The topological polar surface area (TPSA) is 105 Å². The van der Waals surface area contributed by atoms with Crippen LogP contribution in [0.3, 0.4) is 0 Å². The normalized spacial score (nSPS) is 32.9. The van der Waals surface area contributed by atoms with Crippen LogP contribution in [0.2, 0.25) is 0 Å². The number of alkyl halides is 1. The van der Waals surface area contributed by atoms with E-state index in [1.54, 1.807) is 22.6 Å². The smallest absolute Gasteiger partial charge is 0.331 e.